The molecule has 0 spiro atoms. The van der Waals surface area contributed by atoms with Gasteiger partial charge in [-0.05, 0) is 24.6 Å². The molecule has 3 rings (SSSR count). The maximum atomic E-state index is 13.3. The van der Waals surface area contributed by atoms with Gasteiger partial charge in [0.1, 0.15) is 12.4 Å². The van der Waals surface area contributed by atoms with E-state index in [1.54, 1.807) is 16.9 Å². The fraction of sp³-hybridized carbons (Fsp3) is 0.231. The minimum atomic E-state index is -0.342. The molecule has 2 N–H and O–H groups in total. The van der Waals surface area contributed by atoms with Crippen LogP contribution in [0, 0.1) is 12.7 Å². The molecule has 2 heterocycles. The summed E-state index contributed by atoms with van der Waals surface area (Å²) < 4.78 is 20.0. The molecule has 0 radical (unpaired) electrons. The molecule has 108 valence electrons. The summed E-state index contributed by atoms with van der Waals surface area (Å²) >= 11 is 0. The van der Waals surface area contributed by atoms with Crippen molar-refractivity contribution in [2.24, 2.45) is 5.73 Å². The molecule has 7 nitrogen and oxygen atoms in total. The number of benzene rings is 1. The van der Waals surface area contributed by atoms with Gasteiger partial charge in [-0.25, -0.2) is 9.07 Å². The predicted molar refractivity (Wildman–Crippen MR) is 71.4 cm³/mol. The van der Waals surface area contributed by atoms with Crippen molar-refractivity contribution < 1.29 is 8.91 Å². The molecule has 2 aromatic heterocycles. The monoisotopic (exact) mass is 288 g/mol. The molecule has 0 aliphatic rings. The van der Waals surface area contributed by atoms with Crippen molar-refractivity contribution in [1.29, 1.82) is 0 Å². The van der Waals surface area contributed by atoms with Crippen LogP contribution in [0.4, 0.5) is 4.39 Å². The van der Waals surface area contributed by atoms with Crippen LogP contribution in [0.3, 0.4) is 0 Å². The first-order chi connectivity index (χ1) is 10.2. The lowest BCUT2D eigenvalue weighted by molar-refractivity contribution is 0.364. The van der Waals surface area contributed by atoms with E-state index in [0.717, 1.165) is 5.56 Å². The Kier molecular flexibility index (Phi) is 3.44. The number of aryl methyl sites for hydroxylation is 1. The zero-order chi connectivity index (χ0) is 14.8. The molecule has 0 amide bonds. The Morgan fingerprint density at radius 3 is 3.00 bits per heavy atom. The Bertz CT molecular complexity index is 766. The van der Waals surface area contributed by atoms with Gasteiger partial charge in [-0.15, -0.1) is 5.10 Å². The molecule has 0 aliphatic carbocycles. The highest BCUT2D eigenvalue weighted by Gasteiger charge is 2.12. The molecule has 0 bridgehead atoms. The van der Waals surface area contributed by atoms with Crippen LogP contribution in [0.1, 0.15) is 17.1 Å². The summed E-state index contributed by atoms with van der Waals surface area (Å²) in [4.78, 5) is 4.25. The number of halogens is 1. The Morgan fingerprint density at radius 2 is 2.24 bits per heavy atom. The van der Waals surface area contributed by atoms with Crippen LogP contribution in [0.2, 0.25) is 0 Å². The minimum Gasteiger partial charge on any atom is -0.337 e. The number of hydrogen-bond acceptors (Lipinski definition) is 6. The second kappa shape index (κ2) is 5.41. The fourth-order valence-corrected chi connectivity index (χ4v) is 1.91. The SMILES string of the molecule is Cc1ccc(F)cc1-c1noc(Cn2cc(CN)nn2)n1. The molecule has 0 fully saturated rings. The quantitative estimate of drug-likeness (QED) is 0.777. The number of rotatable bonds is 4. The molecular weight excluding hydrogens is 275 g/mol. The zero-order valence-corrected chi connectivity index (χ0v) is 11.3. The van der Waals surface area contributed by atoms with Crippen LogP contribution >= 0.6 is 0 Å². The summed E-state index contributed by atoms with van der Waals surface area (Å²) in [6, 6.07) is 4.45. The van der Waals surface area contributed by atoms with Crippen molar-refractivity contribution >= 4 is 0 Å². The smallest absolute Gasteiger partial charge is 0.248 e. The molecule has 0 aliphatic heterocycles. The van der Waals surface area contributed by atoms with Crippen LogP contribution in [-0.4, -0.2) is 25.1 Å². The Morgan fingerprint density at radius 1 is 1.38 bits per heavy atom. The average molecular weight is 288 g/mol. The Labute approximate surface area is 119 Å². The van der Waals surface area contributed by atoms with E-state index in [4.69, 9.17) is 10.3 Å². The number of nitrogens with zero attached hydrogens (tertiary/aromatic N) is 5. The molecule has 0 atom stereocenters. The van der Waals surface area contributed by atoms with E-state index in [-0.39, 0.29) is 12.4 Å². The fourth-order valence-electron chi connectivity index (χ4n) is 1.91. The third-order valence-corrected chi connectivity index (χ3v) is 3.00. The van der Waals surface area contributed by atoms with Gasteiger partial charge < -0.3 is 10.3 Å². The van der Waals surface area contributed by atoms with E-state index in [9.17, 15) is 4.39 Å². The normalized spacial score (nSPS) is 11.0. The average Bonchev–Trinajstić information content (AvgIpc) is 3.11. The van der Waals surface area contributed by atoms with E-state index in [2.05, 4.69) is 20.5 Å². The van der Waals surface area contributed by atoms with Crippen molar-refractivity contribution in [1.82, 2.24) is 25.1 Å². The van der Waals surface area contributed by atoms with Crippen LogP contribution in [0.5, 0.6) is 0 Å². The second-order valence-corrected chi connectivity index (χ2v) is 4.58. The summed E-state index contributed by atoms with van der Waals surface area (Å²) in [6.45, 7) is 2.46. The van der Waals surface area contributed by atoms with Gasteiger partial charge in [-0.2, -0.15) is 4.98 Å². The van der Waals surface area contributed by atoms with Crippen molar-refractivity contribution in [2.45, 2.75) is 20.0 Å². The van der Waals surface area contributed by atoms with Crippen LogP contribution in [0.25, 0.3) is 11.4 Å². The Balaban J connectivity index is 1.84. The van der Waals surface area contributed by atoms with Crippen molar-refractivity contribution in [3.8, 4) is 11.4 Å². The molecule has 0 saturated carbocycles. The zero-order valence-electron chi connectivity index (χ0n) is 11.3. The lowest BCUT2D eigenvalue weighted by Crippen LogP contribution is -2.01. The summed E-state index contributed by atoms with van der Waals surface area (Å²) in [5, 5.41) is 11.6. The third kappa shape index (κ3) is 2.79. The Hall–Kier alpha value is -2.61. The van der Waals surface area contributed by atoms with Gasteiger partial charge in [0, 0.05) is 12.1 Å². The van der Waals surface area contributed by atoms with E-state index in [1.807, 2.05) is 6.92 Å². The standard InChI is InChI=1S/C13H13FN6O/c1-8-2-3-9(14)4-11(8)13-16-12(21-18-13)7-20-6-10(5-15)17-19-20/h2-4,6H,5,7,15H2,1H3. The van der Waals surface area contributed by atoms with Gasteiger partial charge in [-0.3, -0.25) is 0 Å². The first-order valence-corrected chi connectivity index (χ1v) is 6.34. The predicted octanol–water partition coefficient (Wildman–Crippen LogP) is 1.28. The first-order valence-electron chi connectivity index (χ1n) is 6.34. The molecule has 8 heteroatoms. The highest BCUT2D eigenvalue weighted by molar-refractivity contribution is 5.59. The van der Waals surface area contributed by atoms with Gasteiger partial charge >= 0.3 is 0 Å². The van der Waals surface area contributed by atoms with Gasteiger partial charge in [0.2, 0.25) is 11.7 Å². The number of nitrogens with two attached hydrogens (primary N) is 1. The van der Waals surface area contributed by atoms with Gasteiger partial charge in [0.05, 0.1) is 11.9 Å². The maximum Gasteiger partial charge on any atom is 0.248 e. The third-order valence-electron chi connectivity index (χ3n) is 3.00. The molecule has 21 heavy (non-hydrogen) atoms. The summed E-state index contributed by atoms with van der Waals surface area (Å²) in [5.41, 5.74) is 7.61. The van der Waals surface area contributed by atoms with E-state index >= 15 is 0 Å². The molecule has 0 unspecified atom stereocenters. The van der Waals surface area contributed by atoms with Crippen LogP contribution in [0.15, 0.2) is 28.9 Å². The first kappa shape index (κ1) is 13.4. The van der Waals surface area contributed by atoms with Crippen molar-refractivity contribution in [2.75, 3.05) is 0 Å². The lowest BCUT2D eigenvalue weighted by Gasteiger charge is -1.99. The summed E-state index contributed by atoms with van der Waals surface area (Å²) in [7, 11) is 0. The largest absolute Gasteiger partial charge is 0.337 e. The van der Waals surface area contributed by atoms with E-state index < -0.39 is 0 Å². The van der Waals surface area contributed by atoms with Gasteiger partial charge in [-0.1, -0.05) is 16.4 Å². The van der Waals surface area contributed by atoms with Crippen molar-refractivity contribution in [3.63, 3.8) is 0 Å². The van der Waals surface area contributed by atoms with Crippen molar-refractivity contribution in [3.05, 3.63) is 47.4 Å². The van der Waals surface area contributed by atoms with Crippen LogP contribution in [-0.2, 0) is 13.1 Å². The number of aromatic nitrogens is 5. The second-order valence-electron chi connectivity index (χ2n) is 4.58. The molecule has 1 aromatic carbocycles. The highest BCUT2D eigenvalue weighted by atomic mass is 19.1. The maximum absolute atomic E-state index is 13.3. The lowest BCUT2D eigenvalue weighted by atomic mass is 10.1. The number of hydrogen-bond donors (Lipinski definition) is 1. The summed E-state index contributed by atoms with van der Waals surface area (Å²) in [6.07, 6.45) is 1.71. The minimum absolute atomic E-state index is 0.286. The van der Waals surface area contributed by atoms with E-state index in [1.165, 1.54) is 12.1 Å². The van der Waals surface area contributed by atoms with Gasteiger partial charge in [0.25, 0.3) is 0 Å². The summed E-state index contributed by atoms with van der Waals surface area (Å²) in [5.74, 6) is 0.370. The van der Waals surface area contributed by atoms with Gasteiger partial charge in [0.15, 0.2) is 0 Å². The van der Waals surface area contributed by atoms with E-state index in [0.29, 0.717) is 29.5 Å². The molecule has 3 aromatic rings. The molecule has 0 saturated heterocycles. The van der Waals surface area contributed by atoms with Crippen LogP contribution < -0.4 is 5.73 Å². The molecular formula is C13H13FN6O. The topological polar surface area (TPSA) is 95.7 Å². The highest BCUT2D eigenvalue weighted by Crippen LogP contribution is 2.21.